The Balaban J connectivity index is 1.50. The predicted octanol–water partition coefficient (Wildman–Crippen LogP) is 4.38. The molecule has 1 aliphatic carbocycles. The summed E-state index contributed by atoms with van der Waals surface area (Å²) in [5.74, 6) is -0.0297. The lowest BCUT2D eigenvalue weighted by atomic mass is 9.94. The lowest BCUT2D eigenvalue weighted by molar-refractivity contribution is 0.0936. The fourth-order valence-electron chi connectivity index (χ4n) is 3.48. The number of fused-ring (bicyclic) bond motifs is 1. The average Bonchev–Trinajstić information content (AvgIpc) is 3.25. The number of rotatable bonds is 3. The van der Waals surface area contributed by atoms with Gasteiger partial charge >= 0.3 is 0 Å². The molecule has 0 fully saturated rings. The van der Waals surface area contributed by atoms with E-state index in [1.807, 2.05) is 36.6 Å². The third-order valence-electron chi connectivity index (χ3n) is 4.77. The van der Waals surface area contributed by atoms with Crippen molar-refractivity contribution in [2.45, 2.75) is 39.2 Å². The van der Waals surface area contributed by atoms with E-state index >= 15 is 0 Å². The number of aromatic nitrogens is 2. The number of aryl methyl sites for hydroxylation is 2. The Morgan fingerprint density at radius 2 is 2.24 bits per heavy atom. The number of hydrogen-bond donors (Lipinski definition) is 1. The molecule has 3 aromatic heterocycles. The monoisotopic (exact) mass is 351 g/mol. The van der Waals surface area contributed by atoms with Gasteiger partial charge in [0.2, 0.25) is 0 Å². The van der Waals surface area contributed by atoms with Gasteiger partial charge in [-0.3, -0.25) is 4.79 Å². The van der Waals surface area contributed by atoms with Crippen LogP contribution >= 0.6 is 11.3 Å². The number of carbonyl (C=O) groups is 1. The number of amides is 1. The van der Waals surface area contributed by atoms with E-state index in [2.05, 4.69) is 33.9 Å². The molecular formula is C20H21N3OS. The number of hydrogen-bond acceptors (Lipinski definition) is 3. The maximum Gasteiger partial charge on any atom is 0.255 e. The average molecular weight is 351 g/mol. The second-order valence-electron chi connectivity index (χ2n) is 6.61. The Labute approximate surface area is 151 Å². The van der Waals surface area contributed by atoms with Crippen LogP contribution < -0.4 is 5.32 Å². The van der Waals surface area contributed by atoms with Crippen LogP contribution in [0.2, 0.25) is 0 Å². The summed E-state index contributed by atoms with van der Waals surface area (Å²) in [6.45, 7) is 3.99. The van der Waals surface area contributed by atoms with Crippen molar-refractivity contribution >= 4 is 28.5 Å². The van der Waals surface area contributed by atoms with Crippen molar-refractivity contribution in [2.24, 2.45) is 0 Å². The lowest BCUT2D eigenvalue weighted by Gasteiger charge is -2.22. The van der Waals surface area contributed by atoms with Gasteiger partial charge in [0.15, 0.2) is 0 Å². The first-order valence-electron chi connectivity index (χ1n) is 8.61. The number of allylic oxidation sites excluding steroid dienone is 1. The highest BCUT2D eigenvalue weighted by Gasteiger charge is 2.20. The van der Waals surface area contributed by atoms with Gasteiger partial charge in [-0.05, 0) is 62.3 Å². The van der Waals surface area contributed by atoms with Crippen molar-refractivity contribution in [2.75, 3.05) is 0 Å². The van der Waals surface area contributed by atoms with Crippen LogP contribution in [0.5, 0.6) is 0 Å². The van der Waals surface area contributed by atoms with E-state index in [4.69, 9.17) is 0 Å². The molecule has 4 nitrogen and oxygen atoms in total. The molecule has 128 valence electrons. The van der Waals surface area contributed by atoms with Crippen molar-refractivity contribution in [3.8, 4) is 0 Å². The van der Waals surface area contributed by atoms with Crippen molar-refractivity contribution in [3.05, 3.63) is 63.7 Å². The van der Waals surface area contributed by atoms with E-state index in [9.17, 15) is 4.79 Å². The van der Waals surface area contributed by atoms with Crippen LogP contribution in [0.3, 0.4) is 0 Å². The Kier molecular flexibility index (Phi) is 4.17. The summed E-state index contributed by atoms with van der Waals surface area (Å²) in [5.41, 5.74) is 4.81. The maximum atomic E-state index is 12.7. The molecule has 1 amide bonds. The smallest absolute Gasteiger partial charge is 0.255 e. The van der Waals surface area contributed by atoms with Crippen molar-refractivity contribution in [1.29, 1.82) is 0 Å². The number of thiophene rings is 1. The highest BCUT2D eigenvalue weighted by molar-refractivity contribution is 7.11. The highest BCUT2D eigenvalue weighted by Crippen LogP contribution is 2.30. The van der Waals surface area contributed by atoms with Gasteiger partial charge < -0.3 is 9.72 Å². The summed E-state index contributed by atoms with van der Waals surface area (Å²) in [6, 6.07) is 8.33. The first-order valence-corrected chi connectivity index (χ1v) is 9.49. The summed E-state index contributed by atoms with van der Waals surface area (Å²) >= 11 is 1.78. The van der Waals surface area contributed by atoms with Crippen molar-refractivity contribution in [3.63, 3.8) is 0 Å². The van der Waals surface area contributed by atoms with Gasteiger partial charge in [0.05, 0.1) is 5.56 Å². The molecule has 3 aromatic rings. The van der Waals surface area contributed by atoms with Gasteiger partial charge in [-0.1, -0.05) is 12.1 Å². The minimum Gasteiger partial charge on any atom is -0.349 e. The van der Waals surface area contributed by atoms with Crippen LogP contribution in [-0.4, -0.2) is 21.3 Å². The lowest BCUT2D eigenvalue weighted by Crippen LogP contribution is -2.35. The van der Waals surface area contributed by atoms with Crippen LogP contribution in [0.15, 0.2) is 41.9 Å². The molecule has 5 heteroatoms. The Morgan fingerprint density at radius 3 is 2.96 bits per heavy atom. The molecule has 0 saturated heterocycles. The fraction of sp³-hybridized carbons (Fsp3) is 0.300. The van der Waals surface area contributed by atoms with Crippen LogP contribution in [0.1, 0.15) is 45.9 Å². The molecule has 4 rings (SSSR count). The molecule has 0 aromatic carbocycles. The molecule has 1 unspecified atom stereocenters. The van der Waals surface area contributed by atoms with Gasteiger partial charge in [0.1, 0.15) is 5.65 Å². The normalized spacial score (nSPS) is 17.5. The molecule has 0 bridgehead atoms. The summed E-state index contributed by atoms with van der Waals surface area (Å²) in [7, 11) is 0. The zero-order valence-corrected chi connectivity index (χ0v) is 15.3. The minimum atomic E-state index is -0.0297. The van der Waals surface area contributed by atoms with E-state index in [0.717, 1.165) is 36.3 Å². The summed E-state index contributed by atoms with van der Waals surface area (Å²) in [6.07, 6.45) is 7.06. The van der Waals surface area contributed by atoms with E-state index in [-0.39, 0.29) is 11.9 Å². The van der Waals surface area contributed by atoms with Gasteiger partial charge in [-0.25, -0.2) is 4.98 Å². The second kappa shape index (κ2) is 6.48. The molecular weight excluding hydrogens is 330 g/mol. The molecule has 0 spiro atoms. The van der Waals surface area contributed by atoms with E-state index in [1.54, 1.807) is 11.3 Å². The molecule has 1 N–H and O–H groups in total. The fourth-order valence-corrected chi connectivity index (χ4v) is 4.28. The minimum absolute atomic E-state index is 0.0297. The molecule has 1 atom stereocenters. The first-order chi connectivity index (χ1) is 12.1. The Morgan fingerprint density at radius 1 is 1.36 bits per heavy atom. The Hall–Kier alpha value is -2.40. The summed E-state index contributed by atoms with van der Waals surface area (Å²) < 4.78 is 1.97. The third kappa shape index (κ3) is 3.12. The van der Waals surface area contributed by atoms with Crippen LogP contribution in [0.25, 0.3) is 11.2 Å². The van der Waals surface area contributed by atoms with Crippen LogP contribution in [0, 0.1) is 13.8 Å². The molecule has 0 saturated carbocycles. The largest absolute Gasteiger partial charge is 0.349 e. The van der Waals surface area contributed by atoms with Gasteiger partial charge in [-0.2, -0.15) is 0 Å². The van der Waals surface area contributed by atoms with Crippen LogP contribution in [0.4, 0.5) is 0 Å². The van der Waals surface area contributed by atoms with Gasteiger partial charge in [0, 0.05) is 28.5 Å². The quantitative estimate of drug-likeness (QED) is 0.761. The van der Waals surface area contributed by atoms with E-state index in [0.29, 0.717) is 5.56 Å². The van der Waals surface area contributed by atoms with Gasteiger partial charge in [-0.15, -0.1) is 11.3 Å². The number of nitrogens with one attached hydrogen (secondary N) is 1. The highest BCUT2D eigenvalue weighted by atomic mass is 32.1. The molecule has 0 radical (unpaired) electrons. The zero-order chi connectivity index (χ0) is 17.4. The third-order valence-corrected chi connectivity index (χ3v) is 5.71. The predicted molar refractivity (Wildman–Crippen MR) is 102 cm³/mol. The maximum absolute atomic E-state index is 12.7. The topological polar surface area (TPSA) is 46.4 Å². The summed E-state index contributed by atoms with van der Waals surface area (Å²) in [5, 5.41) is 5.30. The SMILES string of the molecule is Cc1cc(C)n2ccc(C(=O)NC3CC=C(c4cccs4)CC3)c2n1. The second-order valence-corrected chi connectivity index (χ2v) is 7.56. The summed E-state index contributed by atoms with van der Waals surface area (Å²) in [4.78, 5) is 18.6. The molecule has 0 aliphatic heterocycles. The van der Waals surface area contributed by atoms with E-state index in [1.165, 1.54) is 10.5 Å². The molecule has 25 heavy (non-hydrogen) atoms. The zero-order valence-electron chi connectivity index (χ0n) is 14.5. The first kappa shape index (κ1) is 16.1. The van der Waals surface area contributed by atoms with Crippen molar-refractivity contribution < 1.29 is 4.79 Å². The molecule has 1 aliphatic rings. The number of carbonyl (C=O) groups excluding carboxylic acids is 1. The molecule has 3 heterocycles. The van der Waals surface area contributed by atoms with E-state index < -0.39 is 0 Å². The van der Waals surface area contributed by atoms with Crippen LogP contribution in [-0.2, 0) is 0 Å². The number of nitrogens with zero attached hydrogens (tertiary/aromatic N) is 2. The van der Waals surface area contributed by atoms with Gasteiger partial charge in [0.25, 0.3) is 5.91 Å². The van der Waals surface area contributed by atoms with Crippen molar-refractivity contribution in [1.82, 2.24) is 14.7 Å². The Bertz CT molecular complexity index is 953. The standard InChI is InChI=1S/C20H21N3OS/c1-13-12-14(2)23-10-9-17(19(23)21-13)20(24)22-16-7-5-15(6-8-16)18-4-3-11-25-18/h3-5,9-12,16H,6-8H2,1-2H3,(H,22,24).